The summed E-state index contributed by atoms with van der Waals surface area (Å²) < 4.78 is 0. The SMILES string of the molecule is CSCC[C@H](N)C(=O)Nc1ccc(-c2ncc[nH]2)cc1. The molecule has 2 aromatic rings. The summed E-state index contributed by atoms with van der Waals surface area (Å²) in [6.45, 7) is 0. The van der Waals surface area contributed by atoms with Crippen molar-refractivity contribution in [3.05, 3.63) is 36.7 Å². The molecule has 1 aromatic carbocycles. The minimum Gasteiger partial charge on any atom is -0.345 e. The summed E-state index contributed by atoms with van der Waals surface area (Å²) >= 11 is 1.68. The highest BCUT2D eigenvalue weighted by atomic mass is 32.2. The van der Waals surface area contributed by atoms with Gasteiger partial charge in [-0.3, -0.25) is 4.79 Å². The summed E-state index contributed by atoms with van der Waals surface area (Å²) in [5.41, 5.74) is 7.53. The number of nitrogens with one attached hydrogen (secondary N) is 2. The Morgan fingerprint density at radius 1 is 1.45 bits per heavy atom. The van der Waals surface area contributed by atoms with E-state index < -0.39 is 6.04 Å². The number of carbonyl (C=O) groups is 1. The number of aromatic nitrogens is 2. The molecule has 2 rings (SSSR count). The summed E-state index contributed by atoms with van der Waals surface area (Å²) in [5, 5.41) is 2.82. The molecule has 0 radical (unpaired) electrons. The van der Waals surface area contributed by atoms with Crippen LogP contribution in [0.25, 0.3) is 11.4 Å². The first-order valence-corrected chi connectivity index (χ1v) is 7.75. The third-order valence-electron chi connectivity index (χ3n) is 2.89. The summed E-state index contributed by atoms with van der Waals surface area (Å²) in [7, 11) is 0. The topological polar surface area (TPSA) is 83.8 Å². The van der Waals surface area contributed by atoms with Crippen molar-refractivity contribution in [2.45, 2.75) is 12.5 Å². The van der Waals surface area contributed by atoms with Gasteiger partial charge in [-0.05, 0) is 42.7 Å². The molecule has 0 spiro atoms. The Kier molecular flexibility index (Phi) is 5.20. The van der Waals surface area contributed by atoms with E-state index in [1.807, 2.05) is 30.5 Å². The largest absolute Gasteiger partial charge is 0.345 e. The molecule has 0 saturated carbocycles. The quantitative estimate of drug-likeness (QED) is 0.760. The molecule has 0 aliphatic carbocycles. The van der Waals surface area contributed by atoms with Crippen molar-refractivity contribution in [3.63, 3.8) is 0 Å². The Morgan fingerprint density at radius 3 is 2.80 bits per heavy atom. The smallest absolute Gasteiger partial charge is 0.241 e. The Morgan fingerprint density at radius 2 is 2.20 bits per heavy atom. The summed E-state index contributed by atoms with van der Waals surface area (Å²) in [5.74, 6) is 1.54. The number of nitrogens with zero attached hydrogens (tertiary/aromatic N) is 1. The standard InChI is InChI=1S/C14H18N4OS/c1-20-9-6-12(15)14(19)18-11-4-2-10(3-5-11)13-16-7-8-17-13/h2-5,7-8,12H,6,9,15H2,1H3,(H,16,17)(H,18,19)/t12-/m0/s1. The van der Waals surface area contributed by atoms with Crippen molar-refractivity contribution in [1.29, 1.82) is 0 Å². The van der Waals surface area contributed by atoms with Gasteiger partial charge in [0.2, 0.25) is 5.91 Å². The molecule has 0 aliphatic heterocycles. The van der Waals surface area contributed by atoms with Crippen LogP contribution < -0.4 is 11.1 Å². The number of nitrogens with two attached hydrogens (primary N) is 1. The monoisotopic (exact) mass is 290 g/mol. The van der Waals surface area contributed by atoms with Crippen molar-refractivity contribution in [3.8, 4) is 11.4 Å². The first-order chi connectivity index (χ1) is 9.70. The Balaban J connectivity index is 1.95. The molecule has 1 amide bonds. The maximum Gasteiger partial charge on any atom is 0.241 e. The molecule has 0 saturated heterocycles. The fourth-order valence-corrected chi connectivity index (χ4v) is 2.24. The first-order valence-electron chi connectivity index (χ1n) is 6.36. The molecule has 4 N–H and O–H groups in total. The Labute approximate surface area is 122 Å². The lowest BCUT2D eigenvalue weighted by Crippen LogP contribution is -2.36. The lowest BCUT2D eigenvalue weighted by Gasteiger charge is -2.11. The molecule has 20 heavy (non-hydrogen) atoms. The Hall–Kier alpha value is -1.79. The number of hydrogen-bond donors (Lipinski definition) is 3. The molecule has 1 atom stereocenters. The van der Waals surface area contributed by atoms with E-state index in [2.05, 4.69) is 15.3 Å². The van der Waals surface area contributed by atoms with Gasteiger partial charge in [-0.2, -0.15) is 11.8 Å². The molecule has 0 aliphatic rings. The van der Waals surface area contributed by atoms with Gasteiger partial charge in [0.1, 0.15) is 5.82 Å². The minimum absolute atomic E-state index is 0.148. The number of carbonyl (C=O) groups excluding carboxylic acids is 1. The molecular weight excluding hydrogens is 272 g/mol. The zero-order valence-corrected chi connectivity index (χ0v) is 12.1. The van der Waals surface area contributed by atoms with E-state index in [1.54, 1.807) is 24.2 Å². The molecule has 0 fully saturated rings. The van der Waals surface area contributed by atoms with Gasteiger partial charge in [-0.15, -0.1) is 0 Å². The zero-order valence-electron chi connectivity index (χ0n) is 11.3. The number of benzene rings is 1. The van der Waals surface area contributed by atoms with E-state index in [-0.39, 0.29) is 5.91 Å². The highest BCUT2D eigenvalue weighted by Crippen LogP contribution is 2.17. The highest BCUT2D eigenvalue weighted by molar-refractivity contribution is 7.98. The third kappa shape index (κ3) is 3.85. The zero-order chi connectivity index (χ0) is 14.4. The molecule has 0 unspecified atom stereocenters. The number of imidazole rings is 1. The van der Waals surface area contributed by atoms with Crippen LogP contribution in [0.4, 0.5) is 5.69 Å². The Bertz CT molecular complexity index is 539. The number of anilines is 1. The molecule has 106 valence electrons. The first kappa shape index (κ1) is 14.6. The fourth-order valence-electron chi connectivity index (χ4n) is 1.75. The van der Waals surface area contributed by atoms with Crippen LogP contribution in [0.15, 0.2) is 36.7 Å². The fraction of sp³-hybridized carbons (Fsp3) is 0.286. The number of aromatic amines is 1. The molecule has 1 heterocycles. The molecular formula is C14H18N4OS. The number of rotatable bonds is 6. The number of amides is 1. The van der Waals surface area contributed by atoms with Crippen LogP contribution in [-0.2, 0) is 4.79 Å². The van der Waals surface area contributed by atoms with Crippen LogP contribution in [0.1, 0.15) is 6.42 Å². The maximum atomic E-state index is 11.9. The molecule has 1 aromatic heterocycles. The van der Waals surface area contributed by atoms with Crippen molar-refractivity contribution in [2.24, 2.45) is 5.73 Å². The van der Waals surface area contributed by atoms with E-state index in [0.29, 0.717) is 6.42 Å². The van der Waals surface area contributed by atoms with E-state index in [9.17, 15) is 4.79 Å². The lowest BCUT2D eigenvalue weighted by atomic mass is 10.2. The second kappa shape index (κ2) is 7.12. The van der Waals surface area contributed by atoms with Crippen molar-refractivity contribution >= 4 is 23.4 Å². The van der Waals surface area contributed by atoms with E-state index in [1.165, 1.54) is 0 Å². The number of hydrogen-bond acceptors (Lipinski definition) is 4. The van der Waals surface area contributed by atoms with Crippen molar-refractivity contribution in [2.75, 3.05) is 17.3 Å². The third-order valence-corrected chi connectivity index (χ3v) is 3.54. The summed E-state index contributed by atoms with van der Waals surface area (Å²) in [6, 6.07) is 7.03. The van der Waals surface area contributed by atoms with Gasteiger partial charge in [0.05, 0.1) is 6.04 Å². The van der Waals surface area contributed by atoms with Gasteiger partial charge < -0.3 is 16.0 Å². The van der Waals surface area contributed by atoms with Crippen LogP contribution in [0.2, 0.25) is 0 Å². The average molecular weight is 290 g/mol. The predicted octanol–water partition coefficient (Wildman–Crippen LogP) is 2.10. The maximum absolute atomic E-state index is 11.9. The van der Waals surface area contributed by atoms with Gasteiger partial charge in [-0.25, -0.2) is 4.98 Å². The summed E-state index contributed by atoms with van der Waals surface area (Å²) in [6.07, 6.45) is 6.15. The van der Waals surface area contributed by atoms with Gasteiger partial charge in [-0.1, -0.05) is 0 Å². The van der Waals surface area contributed by atoms with Gasteiger partial charge >= 0.3 is 0 Å². The highest BCUT2D eigenvalue weighted by Gasteiger charge is 2.12. The average Bonchev–Trinajstić information content (AvgIpc) is 2.99. The van der Waals surface area contributed by atoms with Crippen molar-refractivity contribution in [1.82, 2.24) is 9.97 Å². The van der Waals surface area contributed by atoms with Crippen LogP contribution >= 0.6 is 11.8 Å². The molecule has 5 nitrogen and oxygen atoms in total. The number of H-pyrrole nitrogens is 1. The molecule has 6 heteroatoms. The number of thioether (sulfide) groups is 1. The van der Waals surface area contributed by atoms with Gasteiger partial charge in [0, 0.05) is 23.6 Å². The lowest BCUT2D eigenvalue weighted by molar-refractivity contribution is -0.117. The summed E-state index contributed by atoms with van der Waals surface area (Å²) in [4.78, 5) is 19.1. The minimum atomic E-state index is -0.466. The molecule has 0 bridgehead atoms. The van der Waals surface area contributed by atoms with Crippen LogP contribution in [0.5, 0.6) is 0 Å². The second-order valence-electron chi connectivity index (χ2n) is 4.39. The van der Waals surface area contributed by atoms with E-state index in [0.717, 1.165) is 22.8 Å². The van der Waals surface area contributed by atoms with Crippen LogP contribution in [-0.4, -0.2) is 33.9 Å². The van der Waals surface area contributed by atoms with Crippen LogP contribution in [0, 0.1) is 0 Å². The van der Waals surface area contributed by atoms with E-state index >= 15 is 0 Å². The van der Waals surface area contributed by atoms with Gasteiger partial charge in [0.25, 0.3) is 0 Å². The van der Waals surface area contributed by atoms with Crippen LogP contribution in [0.3, 0.4) is 0 Å². The van der Waals surface area contributed by atoms with Crippen molar-refractivity contribution < 1.29 is 4.79 Å². The predicted molar refractivity (Wildman–Crippen MR) is 83.6 cm³/mol. The van der Waals surface area contributed by atoms with E-state index in [4.69, 9.17) is 5.73 Å². The normalized spacial score (nSPS) is 12.1. The van der Waals surface area contributed by atoms with Gasteiger partial charge in [0.15, 0.2) is 0 Å². The second-order valence-corrected chi connectivity index (χ2v) is 5.38.